The highest BCUT2D eigenvalue weighted by molar-refractivity contribution is 6.29. The molecule has 108 valence electrons. The molecule has 1 aromatic carbocycles. The lowest BCUT2D eigenvalue weighted by Gasteiger charge is -2.04. The quantitative estimate of drug-likeness (QED) is 0.672. The zero-order valence-electron chi connectivity index (χ0n) is 11.2. The van der Waals surface area contributed by atoms with E-state index < -0.39 is 0 Å². The Morgan fingerprint density at radius 2 is 2.19 bits per heavy atom. The second-order valence-electron chi connectivity index (χ2n) is 4.12. The zero-order valence-corrected chi connectivity index (χ0v) is 12.0. The standard InChI is InChI=1S/C15H13ClN2O3/c1-21-13-4-2-10(8-12(13)19)3-5-15(20)18-11-6-7-17-14(16)9-11/h2-9,19H,1H3,(H,17,18,20). The highest BCUT2D eigenvalue weighted by atomic mass is 35.5. The number of hydrogen-bond donors (Lipinski definition) is 2. The molecule has 0 fully saturated rings. The van der Waals surface area contributed by atoms with Gasteiger partial charge in [0.1, 0.15) is 5.15 Å². The third kappa shape index (κ3) is 4.22. The Bertz CT molecular complexity index is 686. The van der Waals surface area contributed by atoms with Gasteiger partial charge in [0, 0.05) is 18.0 Å². The van der Waals surface area contributed by atoms with E-state index in [9.17, 15) is 9.90 Å². The molecule has 0 bridgehead atoms. The number of phenols is 1. The number of aromatic hydroxyl groups is 1. The van der Waals surface area contributed by atoms with Crippen molar-refractivity contribution >= 4 is 29.3 Å². The monoisotopic (exact) mass is 304 g/mol. The first-order valence-corrected chi connectivity index (χ1v) is 6.44. The van der Waals surface area contributed by atoms with Crippen molar-refractivity contribution in [2.24, 2.45) is 0 Å². The maximum atomic E-state index is 11.8. The van der Waals surface area contributed by atoms with E-state index >= 15 is 0 Å². The van der Waals surface area contributed by atoms with Crippen LogP contribution in [0.2, 0.25) is 5.15 Å². The van der Waals surface area contributed by atoms with Crippen LogP contribution in [-0.2, 0) is 4.79 Å². The van der Waals surface area contributed by atoms with Gasteiger partial charge in [-0.15, -0.1) is 0 Å². The predicted molar refractivity (Wildman–Crippen MR) is 81.6 cm³/mol. The number of benzene rings is 1. The molecule has 0 radical (unpaired) electrons. The molecule has 0 spiro atoms. The van der Waals surface area contributed by atoms with Gasteiger partial charge < -0.3 is 15.2 Å². The van der Waals surface area contributed by atoms with E-state index in [0.29, 0.717) is 22.2 Å². The van der Waals surface area contributed by atoms with Crippen LogP contribution < -0.4 is 10.1 Å². The van der Waals surface area contributed by atoms with E-state index in [0.717, 1.165) is 0 Å². The van der Waals surface area contributed by atoms with Crippen LogP contribution in [0.4, 0.5) is 5.69 Å². The number of nitrogens with one attached hydrogen (secondary N) is 1. The van der Waals surface area contributed by atoms with E-state index in [2.05, 4.69) is 10.3 Å². The first-order chi connectivity index (χ1) is 10.1. The molecule has 2 rings (SSSR count). The fraction of sp³-hybridized carbons (Fsp3) is 0.0667. The minimum Gasteiger partial charge on any atom is -0.504 e. The van der Waals surface area contributed by atoms with Crippen molar-refractivity contribution < 1.29 is 14.6 Å². The van der Waals surface area contributed by atoms with Gasteiger partial charge in [-0.25, -0.2) is 4.98 Å². The molecule has 2 N–H and O–H groups in total. The highest BCUT2D eigenvalue weighted by Gasteiger charge is 2.02. The Morgan fingerprint density at radius 3 is 2.86 bits per heavy atom. The fourth-order valence-electron chi connectivity index (χ4n) is 1.65. The minimum atomic E-state index is -0.312. The Labute approximate surface area is 126 Å². The molecule has 0 aliphatic heterocycles. The number of aromatic nitrogens is 1. The van der Waals surface area contributed by atoms with E-state index in [-0.39, 0.29) is 11.7 Å². The molecule has 0 atom stereocenters. The summed E-state index contributed by atoms with van der Waals surface area (Å²) in [5.74, 6) is 0.0802. The van der Waals surface area contributed by atoms with Crippen molar-refractivity contribution in [3.8, 4) is 11.5 Å². The summed E-state index contributed by atoms with van der Waals surface area (Å²) >= 11 is 5.73. The van der Waals surface area contributed by atoms with Crippen LogP contribution in [0.5, 0.6) is 11.5 Å². The molecule has 0 saturated carbocycles. The summed E-state index contributed by atoms with van der Waals surface area (Å²) in [4.78, 5) is 15.6. The molecule has 2 aromatic rings. The lowest BCUT2D eigenvalue weighted by atomic mass is 10.2. The molecule has 0 aliphatic rings. The lowest BCUT2D eigenvalue weighted by Crippen LogP contribution is -2.07. The molecular formula is C15H13ClN2O3. The summed E-state index contributed by atoms with van der Waals surface area (Å²) < 4.78 is 4.94. The molecule has 1 heterocycles. The summed E-state index contributed by atoms with van der Waals surface area (Å²) in [6.45, 7) is 0. The largest absolute Gasteiger partial charge is 0.504 e. The van der Waals surface area contributed by atoms with Crippen LogP contribution in [0.3, 0.4) is 0 Å². The summed E-state index contributed by atoms with van der Waals surface area (Å²) in [7, 11) is 1.47. The van der Waals surface area contributed by atoms with Crippen molar-refractivity contribution in [3.63, 3.8) is 0 Å². The number of pyridine rings is 1. The molecule has 6 heteroatoms. The zero-order chi connectivity index (χ0) is 15.2. The molecule has 0 unspecified atom stereocenters. The molecule has 5 nitrogen and oxygen atoms in total. The van der Waals surface area contributed by atoms with Crippen LogP contribution in [0.1, 0.15) is 5.56 Å². The van der Waals surface area contributed by atoms with Crippen LogP contribution >= 0.6 is 11.6 Å². The lowest BCUT2D eigenvalue weighted by molar-refractivity contribution is -0.111. The van der Waals surface area contributed by atoms with Gasteiger partial charge in [0.15, 0.2) is 11.5 Å². The van der Waals surface area contributed by atoms with Gasteiger partial charge in [-0.1, -0.05) is 17.7 Å². The molecule has 0 saturated heterocycles. The average Bonchev–Trinajstić information content (AvgIpc) is 2.45. The van der Waals surface area contributed by atoms with Gasteiger partial charge in [-0.05, 0) is 35.9 Å². The summed E-state index contributed by atoms with van der Waals surface area (Å²) in [5, 5.41) is 12.6. The smallest absolute Gasteiger partial charge is 0.248 e. The number of anilines is 1. The van der Waals surface area contributed by atoms with E-state index in [1.165, 1.54) is 25.4 Å². The second-order valence-corrected chi connectivity index (χ2v) is 4.51. The molecule has 21 heavy (non-hydrogen) atoms. The van der Waals surface area contributed by atoms with Crippen LogP contribution in [0.15, 0.2) is 42.6 Å². The van der Waals surface area contributed by atoms with Gasteiger partial charge in [-0.2, -0.15) is 0 Å². The van der Waals surface area contributed by atoms with Gasteiger partial charge in [-0.3, -0.25) is 4.79 Å². The minimum absolute atomic E-state index is 0.0148. The van der Waals surface area contributed by atoms with Crippen molar-refractivity contribution in [3.05, 3.63) is 53.3 Å². The summed E-state index contributed by atoms with van der Waals surface area (Å²) in [5.41, 5.74) is 1.23. The Morgan fingerprint density at radius 1 is 1.38 bits per heavy atom. The molecule has 1 aromatic heterocycles. The normalized spacial score (nSPS) is 10.6. The van der Waals surface area contributed by atoms with Gasteiger partial charge in [0.25, 0.3) is 0 Å². The van der Waals surface area contributed by atoms with Crippen molar-refractivity contribution in [1.29, 1.82) is 0 Å². The third-order valence-corrected chi connectivity index (χ3v) is 2.83. The van der Waals surface area contributed by atoms with Gasteiger partial charge in [0.2, 0.25) is 5.91 Å². The van der Waals surface area contributed by atoms with E-state index in [4.69, 9.17) is 16.3 Å². The number of rotatable bonds is 4. The molecular weight excluding hydrogens is 292 g/mol. The number of hydrogen-bond acceptors (Lipinski definition) is 4. The predicted octanol–water partition coefficient (Wildman–Crippen LogP) is 3.10. The Hall–Kier alpha value is -2.53. The first kappa shape index (κ1) is 14.9. The topological polar surface area (TPSA) is 71.5 Å². The Kier molecular flexibility index (Phi) is 4.79. The summed E-state index contributed by atoms with van der Waals surface area (Å²) in [6, 6.07) is 8.04. The van der Waals surface area contributed by atoms with E-state index in [1.54, 1.807) is 30.3 Å². The average molecular weight is 305 g/mol. The number of ether oxygens (including phenoxy) is 1. The SMILES string of the molecule is COc1ccc(C=CC(=O)Nc2ccnc(Cl)c2)cc1O. The Balaban J connectivity index is 2.03. The van der Waals surface area contributed by atoms with Gasteiger partial charge >= 0.3 is 0 Å². The third-order valence-electron chi connectivity index (χ3n) is 2.62. The number of carbonyl (C=O) groups excluding carboxylic acids is 1. The second kappa shape index (κ2) is 6.76. The van der Waals surface area contributed by atoms with Crippen molar-refractivity contribution in [2.45, 2.75) is 0 Å². The molecule has 0 aliphatic carbocycles. The van der Waals surface area contributed by atoms with Crippen molar-refractivity contribution in [1.82, 2.24) is 4.98 Å². The van der Waals surface area contributed by atoms with Crippen LogP contribution in [-0.4, -0.2) is 23.1 Å². The number of methoxy groups -OCH3 is 1. The van der Waals surface area contributed by atoms with E-state index in [1.807, 2.05) is 0 Å². The fourth-order valence-corrected chi connectivity index (χ4v) is 1.82. The number of phenolic OH excluding ortho intramolecular Hbond substituents is 1. The summed E-state index contributed by atoms with van der Waals surface area (Å²) in [6.07, 6.45) is 4.44. The number of amides is 1. The number of nitrogens with zero attached hydrogens (tertiary/aromatic N) is 1. The maximum absolute atomic E-state index is 11.8. The van der Waals surface area contributed by atoms with Gasteiger partial charge in [0.05, 0.1) is 7.11 Å². The highest BCUT2D eigenvalue weighted by Crippen LogP contribution is 2.26. The number of halogens is 1. The molecule has 1 amide bonds. The van der Waals surface area contributed by atoms with Crippen molar-refractivity contribution in [2.75, 3.05) is 12.4 Å². The maximum Gasteiger partial charge on any atom is 0.248 e. The first-order valence-electron chi connectivity index (χ1n) is 6.06. The van der Waals surface area contributed by atoms with Crippen LogP contribution in [0.25, 0.3) is 6.08 Å². The van der Waals surface area contributed by atoms with Crippen LogP contribution in [0, 0.1) is 0 Å². The number of carbonyl (C=O) groups is 1.